The number of benzene rings is 1. The summed E-state index contributed by atoms with van der Waals surface area (Å²) in [7, 11) is 0. The number of aromatic nitrogens is 3. The van der Waals surface area contributed by atoms with Crippen molar-refractivity contribution in [2.75, 3.05) is 0 Å². The van der Waals surface area contributed by atoms with E-state index < -0.39 is 18.1 Å². The van der Waals surface area contributed by atoms with Crippen molar-refractivity contribution in [2.45, 2.75) is 13.0 Å². The third-order valence-corrected chi connectivity index (χ3v) is 3.53. The van der Waals surface area contributed by atoms with Gasteiger partial charge in [-0.15, -0.1) is 0 Å². The first-order chi connectivity index (χ1) is 11.6. The maximum atomic E-state index is 12.5. The highest BCUT2D eigenvalue weighted by molar-refractivity contribution is 5.66. The number of carbonyl (C=O) groups is 1. The number of carboxylic acids is 1. The molecule has 0 spiro atoms. The second-order valence-corrected chi connectivity index (χ2v) is 5.32. The highest BCUT2D eigenvalue weighted by atomic mass is 16.4. The number of aliphatic carboxylic acids is 1. The monoisotopic (exact) mass is 321 g/mol. The van der Waals surface area contributed by atoms with Crippen LogP contribution in [0.3, 0.4) is 0 Å². The second kappa shape index (κ2) is 6.87. The Labute approximate surface area is 138 Å². The molecule has 0 amide bonds. The molecule has 0 fully saturated rings. The van der Waals surface area contributed by atoms with Crippen molar-refractivity contribution in [3.05, 3.63) is 82.4 Å². The van der Waals surface area contributed by atoms with Crippen LogP contribution in [0, 0.1) is 0 Å². The van der Waals surface area contributed by atoms with E-state index in [4.69, 9.17) is 5.11 Å². The quantitative estimate of drug-likeness (QED) is 0.776. The number of nitrogens with zero attached hydrogens (tertiary/aromatic N) is 3. The van der Waals surface area contributed by atoms with Crippen molar-refractivity contribution in [1.82, 2.24) is 14.8 Å². The standard InChI is InChI=1S/C18H15N3O3/c22-17(23)12-21-18(24)15(9-13-5-2-1-3-6-13)10-16(20-21)14-7-4-8-19-11-14/h1-8,10-11H,9,12H2,(H,22,23). The molecule has 1 N–H and O–H groups in total. The summed E-state index contributed by atoms with van der Waals surface area (Å²) in [5, 5.41) is 13.2. The largest absolute Gasteiger partial charge is 0.480 e. The first-order valence-corrected chi connectivity index (χ1v) is 7.40. The summed E-state index contributed by atoms with van der Waals surface area (Å²) in [6.45, 7) is -0.477. The lowest BCUT2D eigenvalue weighted by atomic mass is 10.0. The van der Waals surface area contributed by atoms with Crippen LogP contribution in [0.25, 0.3) is 11.3 Å². The zero-order valence-corrected chi connectivity index (χ0v) is 12.8. The molecule has 2 heterocycles. The van der Waals surface area contributed by atoms with Gasteiger partial charge in [0.05, 0.1) is 5.69 Å². The Balaban J connectivity index is 2.09. The van der Waals surface area contributed by atoms with E-state index in [0.717, 1.165) is 15.8 Å². The van der Waals surface area contributed by atoms with Crippen LogP contribution in [-0.2, 0) is 17.8 Å². The Morgan fingerprint density at radius 3 is 2.58 bits per heavy atom. The number of carboxylic acid groups (broad SMARTS) is 1. The highest BCUT2D eigenvalue weighted by Gasteiger charge is 2.12. The molecule has 0 aliphatic heterocycles. The molecule has 0 saturated carbocycles. The predicted molar refractivity (Wildman–Crippen MR) is 88.6 cm³/mol. The van der Waals surface area contributed by atoms with E-state index in [2.05, 4.69) is 10.1 Å². The van der Waals surface area contributed by atoms with Crippen molar-refractivity contribution in [3.8, 4) is 11.3 Å². The van der Waals surface area contributed by atoms with Gasteiger partial charge in [-0.1, -0.05) is 30.3 Å². The van der Waals surface area contributed by atoms with E-state index in [9.17, 15) is 9.59 Å². The molecule has 3 aromatic rings. The maximum Gasteiger partial charge on any atom is 0.325 e. The van der Waals surface area contributed by atoms with Crippen molar-refractivity contribution >= 4 is 5.97 Å². The SMILES string of the molecule is O=C(O)Cn1nc(-c2cccnc2)cc(Cc2ccccc2)c1=O. The smallest absolute Gasteiger partial charge is 0.325 e. The Bertz CT molecular complexity index is 906. The Kier molecular flexibility index (Phi) is 4.47. The van der Waals surface area contributed by atoms with E-state index in [1.807, 2.05) is 36.4 Å². The van der Waals surface area contributed by atoms with E-state index in [0.29, 0.717) is 17.7 Å². The van der Waals surface area contributed by atoms with Crippen LogP contribution in [0.15, 0.2) is 65.7 Å². The second-order valence-electron chi connectivity index (χ2n) is 5.32. The lowest BCUT2D eigenvalue weighted by Gasteiger charge is -2.09. The fraction of sp³-hybridized carbons (Fsp3) is 0.111. The molecule has 2 aromatic heterocycles. The minimum absolute atomic E-state index is 0.395. The molecule has 1 aromatic carbocycles. The number of pyridine rings is 1. The predicted octanol–water partition coefficient (Wildman–Crippen LogP) is 1.98. The van der Waals surface area contributed by atoms with Crippen molar-refractivity contribution < 1.29 is 9.90 Å². The van der Waals surface area contributed by atoms with E-state index in [-0.39, 0.29) is 0 Å². The highest BCUT2D eigenvalue weighted by Crippen LogP contribution is 2.16. The summed E-state index contributed by atoms with van der Waals surface area (Å²) < 4.78 is 0.989. The summed E-state index contributed by atoms with van der Waals surface area (Å²) in [6.07, 6.45) is 3.68. The third-order valence-electron chi connectivity index (χ3n) is 3.53. The first-order valence-electron chi connectivity index (χ1n) is 7.40. The van der Waals surface area contributed by atoms with Gasteiger partial charge in [-0.2, -0.15) is 5.10 Å². The normalized spacial score (nSPS) is 10.5. The summed E-state index contributed by atoms with van der Waals surface area (Å²) in [4.78, 5) is 27.6. The van der Waals surface area contributed by atoms with Crippen molar-refractivity contribution in [1.29, 1.82) is 0 Å². The lowest BCUT2D eigenvalue weighted by molar-refractivity contribution is -0.138. The van der Waals surface area contributed by atoms with Crippen LogP contribution in [0.5, 0.6) is 0 Å². The van der Waals surface area contributed by atoms with E-state index in [1.165, 1.54) is 0 Å². The number of rotatable bonds is 5. The van der Waals surface area contributed by atoms with Crippen molar-refractivity contribution in [2.24, 2.45) is 0 Å². The average Bonchev–Trinajstić information content (AvgIpc) is 2.59. The van der Waals surface area contributed by atoms with Crippen LogP contribution >= 0.6 is 0 Å². The van der Waals surface area contributed by atoms with Crippen LogP contribution < -0.4 is 5.56 Å². The lowest BCUT2D eigenvalue weighted by Crippen LogP contribution is -2.29. The van der Waals surface area contributed by atoms with Gasteiger partial charge >= 0.3 is 5.97 Å². The maximum absolute atomic E-state index is 12.5. The Hall–Kier alpha value is -3.28. The zero-order chi connectivity index (χ0) is 16.9. The van der Waals surface area contributed by atoms with Gasteiger partial charge < -0.3 is 5.11 Å². The van der Waals surface area contributed by atoms with E-state index in [1.54, 1.807) is 24.5 Å². The molecule has 0 unspecified atom stereocenters. The van der Waals surface area contributed by atoms with E-state index >= 15 is 0 Å². The average molecular weight is 321 g/mol. The van der Waals surface area contributed by atoms with Gasteiger partial charge in [0.15, 0.2) is 0 Å². The third kappa shape index (κ3) is 3.55. The summed E-state index contributed by atoms with van der Waals surface area (Å²) in [5.74, 6) is -1.11. The molecule has 3 rings (SSSR count). The Morgan fingerprint density at radius 2 is 1.92 bits per heavy atom. The number of hydrogen-bond donors (Lipinski definition) is 1. The summed E-state index contributed by atoms with van der Waals surface area (Å²) >= 11 is 0. The molecule has 6 nitrogen and oxygen atoms in total. The van der Waals surface area contributed by atoms with Crippen LogP contribution in [0.1, 0.15) is 11.1 Å². The van der Waals surface area contributed by atoms with Gasteiger partial charge in [-0.25, -0.2) is 4.68 Å². The van der Waals surface area contributed by atoms with Gasteiger partial charge in [-0.3, -0.25) is 14.6 Å². The molecule has 0 atom stereocenters. The minimum Gasteiger partial charge on any atom is -0.480 e. The zero-order valence-electron chi connectivity index (χ0n) is 12.8. The molecule has 0 radical (unpaired) electrons. The molecule has 0 bridgehead atoms. The van der Waals surface area contributed by atoms with Gasteiger partial charge in [0.2, 0.25) is 0 Å². The van der Waals surface area contributed by atoms with Gasteiger partial charge in [-0.05, 0) is 23.8 Å². The minimum atomic E-state index is -1.11. The molecular formula is C18H15N3O3. The summed E-state index contributed by atoms with van der Waals surface area (Å²) in [5.41, 5.74) is 2.32. The van der Waals surface area contributed by atoms with Crippen LogP contribution in [0.4, 0.5) is 0 Å². The van der Waals surface area contributed by atoms with Gasteiger partial charge in [0.25, 0.3) is 5.56 Å². The molecule has 0 aliphatic carbocycles. The topological polar surface area (TPSA) is 85.1 Å². The van der Waals surface area contributed by atoms with Crippen LogP contribution in [-0.4, -0.2) is 25.8 Å². The first kappa shape index (κ1) is 15.6. The molecule has 120 valence electrons. The molecule has 0 saturated heterocycles. The summed E-state index contributed by atoms with van der Waals surface area (Å²) in [6, 6.07) is 14.8. The van der Waals surface area contributed by atoms with Crippen molar-refractivity contribution in [3.63, 3.8) is 0 Å². The molecule has 6 heteroatoms. The van der Waals surface area contributed by atoms with Gasteiger partial charge in [0.1, 0.15) is 6.54 Å². The Morgan fingerprint density at radius 1 is 1.12 bits per heavy atom. The molecule has 0 aliphatic rings. The fourth-order valence-electron chi connectivity index (χ4n) is 2.43. The molecule has 24 heavy (non-hydrogen) atoms. The molecular weight excluding hydrogens is 306 g/mol. The number of hydrogen-bond acceptors (Lipinski definition) is 4. The fourth-order valence-corrected chi connectivity index (χ4v) is 2.43. The van der Waals surface area contributed by atoms with Gasteiger partial charge in [0, 0.05) is 29.9 Å². The van der Waals surface area contributed by atoms with Crippen LogP contribution in [0.2, 0.25) is 0 Å².